The molecule has 5 aromatic carbocycles. The molecular weight excluding hydrogens is 696 g/mol. The molecule has 9 N–H and O–H groups in total. The van der Waals surface area contributed by atoms with Gasteiger partial charge in [0, 0.05) is 64.8 Å². The molecule has 2 radical (unpaired) electrons. The van der Waals surface area contributed by atoms with E-state index in [9.17, 15) is 31.0 Å². The summed E-state index contributed by atoms with van der Waals surface area (Å²) in [5.74, 6) is -0.864. The molecule has 0 aliphatic carbocycles. The first-order valence-corrected chi connectivity index (χ1v) is 16.1. The summed E-state index contributed by atoms with van der Waals surface area (Å²) in [5, 5.41) is 34.5. The van der Waals surface area contributed by atoms with Gasteiger partial charge >= 0.3 is 0 Å². The van der Waals surface area contributed by atoms with Crippen molar-refractivity contribution in [3.05, 3.63) is 84.4 Å². The number of azo groups is 3. The molecule has 0 aliphatic heterocycles. The Hall–Kier alpha value is -3.82. The maximum absolute atomic E-state index is 12.3. The number of nitrogens with zero attached hydrogens (tertiary/aromatic N) is 6. The number of aryl methyl sites for hydroxylation is 1. The zero-order chi connectivity index (χ0) is 34.1. The minimum atomic E-state index is -5.03. The zero-order valence-corrected chi connectivity index (χ0v) is 31.8. The molecule has 0 saturated carbocycles. The number of fused-ring (bicyclic) bond motifs is 1. The van der Waals surface area contributed by atoms with Crippen LogP contribution in [0.25, 0.3) is 10.8 Å². The van der Waals surface area contributed by atoms with Gasteiger partial charge in [-0.05, 0) is 78.5 Å². The van der Waals surface area contributed by atoms with Crippen LogP contribution < -0.4 is 17.2 Å². The normalized spacial score (nSPS) is 12.1. The number of nitrogens with two attached hydrogens (primary N) is 3. The predicted octanol–water partition coefficient (Wildman–Crippen LogP) is 6.58. The van der Waals surface area contributed by atoms with Gasteiger partial charge in [-0.15, -0.1) is 15.3 Å². The first-order valence-electron chi connectivity index (χ1n) is 13.3. The van der Waals surface area contributed by atoms with Crippen molar-refractivity contribution in [2.24, 2.45) is 30.7 Å². The van der Waals surface area contributed by atoms with E-state index in [4.69, 9.17) is 17.2 Å². The van der Waals surface area contributed by atoms with Crippen LogP contribution in [0.5, 0.6) is 5.75 Å². The first-order chi connectivity index (χ1) is 22.1. The van der Waals surface area contributed by atoms with Crippen LogP contribution in [-0.4, -0.2) is 90.2 Å². The second-order valence-electron chi connectivity index (χ2n) is 9.98. The summed E-state index contributed by atoms with van der Waals surface area (Å²) in [4.78, 5) is -1.75. The van der Waals surface area contributed by atoms with Crippen molar-refractivity contribution in [1.82, 2.24) is 0 Å². The third kappa shape index (κ3) is 9.05. The summed E-state index contributed by atoms with van der Waals surface area (Å²) < 4.78 is 69.0. The summed E-state index contributed by atoms with van der Waals surface area (Å²) in [5.41, 5.74) is 19.3. The van der Waals surface area contributed by atoms with Crippen molar-refractivity contribution < 1.29 is 31.0 Å². The monoisotopic (exact) mass is 721 g/mol. The van der Waals surface area contributed by atoms with Gasteiger partial charge in [0.05, 0.1) is 33.8 Å². The standard InChI is InChI=1S/C29H25N9O7S2.2Na/c1-15-11-22(21(31)14-20(15)30)36-33-18-7-9-19(10-8-18)35-37-27-23(46(40,41)42)12-16-13-24(47(43,44)45)28(29(39)25(16)26(27)32)38-34-17-5-3-2-4-6-17;;/h2-14,39H,30-32H2,1H3,(H,40,41,42)(H,43,44,45);;. The van der Waals surface area contributed by atoms with Gasteiger partial charge in [0.1, 0.15) is 26.9 Å². The van der Waals surface area contributed by atoms with Crippen LogP contribution >= 0.6 is 0 Å². The molecule has 5 aromatic rings. The molecule has 0 unspecified atom stereocenters. The van der Waals surface area contributed by atoms with Crippen molar-refractivity contribution in [2.75, 3.05) is 17.2 Å². The van der Waals surface area contributed by atoms with Crippen molar-refractivity contribution in [1.29, 1.82) is 0 Å². The molecule has 0 atom stereocenters. The van der Waals surface area contributed by atoms with Crippen LogP contribution in [0.2, 0.25) is 0 Å². The quantitative estimate of drug-likeness (QED) is 0.0433. The molecule has 0 saturated heterocycles. The number of phenolic OH excluding ortho intramolecular Hbond substituents is 1. The summed E-state index contributed by atoms with van der Waals surface area (Å²) in [7, 11) is -10.1. The van der Waals surface area contributed by atoms with Crippen LogP contribution in [0.1, 0.15) is 5.56 Å². The van der Waals surface area contributed by atoms with Crippen LogP contribution in [-0.2, 0) is 20.2 Å². The molecule has 0 aromatic heterocycles. The number of anilines is 3. The maximum atomic E-state index is 12.3. The van der Waals surface area contributed by atoms with Crippen LogP contribution in [0.15, 0.2) is 119 Å². The third-order valence-electron chi connectivity index (χ3n) is 6.70. The van der Waals surface area contributed by atoms with Crippen LogP contribution in [0.4, 0.5) is 51.2 Å². The van der Waals surface area contributed by atoms with Gasteiger partial charge in [-0.25, -0.2) is 0 Å². The van der Waals surface area contributed by atoms with E-state index in [1.54, 1.807) is 61.5 Å². The predicted molar refractivity (Wildman–Crippen MR) is 187 cm³/mol. The smallest absolute Gasteiger partial charge is 0.296 e. The van der Waals surface area contributed by atoms with Gasteiger partial charge < -0.3 is 22.3 Å². The van der Waals surface area contributed by atoms with E-state index in [1.165, 1.54) is 12.1 Å². The van der Waals surface area contributed by atoms with Gasteiger partial charge in [-0.2, -0.15) is 32.2 Å². The Labute approximate surface area is 324 Å². The van der Waals surface area contributed by atoms with Crippen LogP contribution in [0, 0.1) is 6.92 Å². The number of hydrogen-bond acceptors (Lipinski definition) is 14. The molecule has 0 amide bonds. The van der Waals surface area contributed by atoms with Crippen molar-refractivity contribution in [3.63, 3.8) is 0 Å². The molecule has 0 heterocycles. The fourth-order valence-corrected chi connectivity index (χ4v) is 5.65. The second kappa shape index (κ2) is 15.8. The molecule has 0 fully saturated rings. The number of aromatic hydroxyl groups is 1. The van der Waals surface area contributed by atoms with Gasteiger partial charge in [0.25, 0.3) is 20.2 Å². The summed E-state index contributed by atoms with van der Waals surface area (Å²) in [6.07, 6.45) is 0. The molecule has 0 aliphatic rings. The molecule has 0 spiro atoms. The molecule has 0 bridgehead atoms. The van der Waals surface area contributed by atoms with E-state index in [0.717, 1.165) is 17.7 Å². The maximum Gasteiger partial charge on any atom is 0.296 e. The number of phenols is 1. The molecule has 242 valence electrons. The van der Waals surface area contributed by atoms with Gasteiger partial charge in [0.15, 0.2) is 5.75 Å². The minimum absolute atomic E-state index is 0. The van der Waals surface area contributed by atoms with Gasteiger partial charge in [-0.3, -0.25) is 9.11 Å². The average molecular weight is 722 g/mol. The number of rotatable bonds is 8. The average Bonchev–Trinajstić information content (AvgIpc) is 3.01. The van der Waals surface area contributed by atoms with Gasteiger partial charge in [-0.1, -0.05) is 18.2 Å². The number of hydrogen-bond donors (Lipinski definition) is 6. The Kier molecular flexibility index (Phi) is 12.8. The number of nitrogen functional groups attached to an aromatic ring is 3. The Balaban J connectivity index is 0.00000325. The van der Waals surface area contributed by atoms with Crippen molar-refractivity contribution in [3.8, 4) is 5.75 Å². The van der Waals surface area contributed by atoms with E-state index in [-0.39, 0.29) is 81.3 Å². The van der Waals surface area contributed by atoms with E-state index in [0.29, 0.717) is 22.7 Å². The minimum Gasteiger partial charge on any atom is -0.505 e. The summed E-state index contributed by atoms with van der Waals surface area (Å²) in [6.45, 7) is 1.80. The second-order valence-corrected chi connectivity index (χ2v) is 12.8. The zero-order valence-electron chi connectivity index (χ0n) is 26.2. The Morgan fingerprint density at radius 1 is 0.592 bits per heavy atom. The summed E-state index contributed by atoms with van der Waals surface area (Å²) in [6, 6.07) is 19.0. The fraction of sp³-hybridized carbons (Fsp3) is 0.0345. The third-order valence-corrected chi connectivity index (χ3v) is 8.43. The topological polar surface area (TPSA) is 281 Å². The Morgan fingerprint density at radius 3 is 1.59 bits per heavy atom. The first kappa shape index (κ1) is 39.6. The van der Waals surface area contributed by atoms with Crippen LogP contribution in [0.3, 0.4) is 0 Å². The molecular formula is C29H25N9Na2O7S2. The van der Waals surface area contributed by atoms with E-state index in [2.05, 4.69) is 30.7 Å². The van der Waals surface area contributed by atoms with E-state index >= 15 is 0 Å². The molecule has 5 rings (SSSR count). The Bertz CT molecular complexity index is 2360. The van der Waals surface area contributed by atoms with Crippen molar-refractivity contribution >= 4 is 141 Å². The molecule has 16 nitrogen and oxygen atoms in total. The molecule has 20 heteroatoms. The SMILES string of the molecule is Cc1cc(N=Nc2ccc(N=Nc3c(S(=O)(=O)O)cc4cc(S(=O)(=O)O)c(N=Nc5ccccc5)c(O)c4c3N)cc2)c(N)cc1N.[Na].[Na]. The van der Waals surface area contributed by atoms with Gasteiger partial charge in [0.2, 0.25) is 0 Å². The summed E-state index contributed by atoms with van der Waals surface area (Å²) >= 11 is 0. The van der Waals surface area contributed by atoms with E-state index in [1.807, 2.05) is 0 Å². The Morgan fingerprint density at radius 2 is 1.06 bits per heavy atom. The van der Waals surface area contributed by atoms with Crippen molar-refractivity contribution in [2.45, 2.75) is 16.7 Å². The fourth-order valence-electron chi connectivity index (χ4n) is 4.33. The van der Waals surface area contributed by atoms with E-state index < -0.39 is 52.8 Å². The largest absolute Gasteiger partial charge is 0.505 e. The molecule has 49 heavy (non-hydrogen) atoms. The number of benzene rings is 5.